The Morgan fingerprint density at radius 3 is 3.31 bits per heavy atom. The third-order valence-electron chi connectivity index (χ3n) is 3.06. The number of hydrogen-bond acceptors (Lipinski definition) is 3. The first-order valence-electron chi connectivity index (χ1n) is 4.80. The number of nitrogens with one attached hydrogen (secondary N) is 1. The maximum atomic E-state index is 3.73. The van der Waals surface area contributed by atoms with Gasteiger partial charge in [0.2, 0.25) is 0 Å². The van der Waals surface area contributed by atoms with Crippen LogP contribution in [0.1, 0.15) is 16.9 Å². The summed E-state index contributed by atoms with van der Waals surface area (Å²) in [6.45, 7) is 1.17. The highest BCUT2D eigenvalue weighted by Gasteiger charge is 2.40. The van der Waals surface area contributed by atoms with Gasteiger partial charge < -0.3 is 5.32 Å². The van der Waals surface area contributed by atoms with Gasteiger partial charge in [0.25, 0.3) is 0 Å². The minimum absolute atomic E-state index is 0.367. The molecule has 3 heteroatoms. The van der Waals surface area contributed by atoms with Gasteiger partial charge in [-0.25, -0.2) is 0 Å². The Hall–Kier alpha value is 0.01000. The van der Waals surface area contributed by atoms with Crippen molar-refractivity contribution < 1.29 is 0 Å². The van der Waals surface area contributed by atoms with E-state index in [0.29, 0.717) is 5.54 Å². The molecule has 1 aromatic rings. The van der Waals surface area contributed by atoms with E-state index in [2.05, 4.69) is 28.5 Å². The average Bonchev–Trinajstić information content (AvgIpc) is 2.74. The molecule has 1 atom stereocenters. The van der Waals surface area contributed by atoms with E-state index in [0.717, 1.165) is 0 Å². The second kappa shape index (κ2) is 3.01. The molecule has 0 saturated carbocycles. The maximum Gasteiger partial charge on any atom is 0.0630 e. The van der Waals surface area contributed by atoms with Crippen molar-refractivity contribution in [1.29, 1.82) is 0 Å². The zero-order chi connectivity index (χ0) is 8.73. The summed E-state index contributed by atoms with van der Waals surface area (Å²) in [5, 5.41) is 5.98. The fourth-order valence-electron chi connectivity index (χ4n) is 2.35. The molecule has 0 aromatic carbocycles. The first kappa shape index (κ1) is 8.33. The van der Waals surface area contributed by atoms with Gasteiger partial charge in [-0.1, -0.05) is 0 Å². The molecule has 3 rings (SSSR count). The van der Waals surface area contributed by atoms with Crippen LogP contribution in [0, 0.1) is 0 Å². The van der Waals surface area contributed by atoms with Crippen LogP contribution in [0.2, 0.25) is 0 Å². The van der Waals surface area contributed by atoms with E-state index in [1.165, 1.54) is 30.9 Å². The molecular weight excluding hydrogens is 198 g/mol. The molecule has 1 unspecified atom stereocenters. The standard InChI is InChI=1S/C10H13NS2/c1-4-11-10(3-6-12-7-10)9-8(1)2-5-13-9/h2,5,11H,1,3-4,6-7H2. The van der Waals surface area contributed by atoms with Gasteiger partial charge in [-0.3, -0.25) is 0 Å². The van der Waals surface area contributed by atoms with E-state index in [9.17, 15) is 0 Å². The summed E-state index contributed by atoms with van der Waals surface area (Å²) in [4.78, 5) is 1.63. The largest absolute Gasteiger partial charge is 0.306 e. The Bertz CT molecular complexity index is 312. The average molecular weight is 211 g/mol. The van der Waals surface area contributed by atoms with Crippen LogP contribution < -0.4 is 5.32 Å². The molecule has 0 aliphatic carbocycles. The van der Waals surface area contributed by atoms with Gasteiger partial charge >= 0.3 is 0 Å². The topological polar surface area (TPSA) is 12.0 Å². The monoisotopic (exact) mass is 211 g/mol. The lowest BCUT2D eigenvalue weighted by Crippen LogP contribution is -2.46. The second-order valence-corrected chi connectivity index (χ2v) is 5.86. The lowest BCUT2D eigenvalue weighted by molar-refractivity contribution is 0.365. The molecule has 1 spiro atoms. The Labute approximate surface area is 86.9 Å². The van der Waals surface area contributed by atoms with E-state index in [1.807, 2.05) is 11.3 Å². The predicted molar refractivity (Wildman–Crippen MR) is 59.6 cm³/mol. The van der Waals surface area contributed by atoms with Crippen LogP contribution in [0.3, 0.4) is 0 Å². The SMILES string of the molecule is c1cc2c(s1)C1(CCSC1)NCC2. The van der Waals surface area contributed by atoms with Gasteiger partial charge in [-0.15, -0.1) is 11.3 Å². The predicted octanol–water partition coefficient (Wildman–Crippen LogP) is 2.23. The van der Waals surface area contributed by atoms with Gasteiger partial charge in [0.1, 0.15) is 0 Å². The Morgan fingerprint density at radius 2 is 2.46 bits per heavy atom. The molecule has 2 aliphatic heterocycles. The van der Waals surface area contributed by atoms with E-state index in [-0.39, 0.29) is 0 Å². The van der Waals surface area contributed by atoms with Gasteiger partial charge in [0.15, 0.2) is 0 Å². The van der Waals surface area contributed by atoms with E-state index in [1.54, 1.807) is 10.4 Å². The summed E-state index contributed by atoms with van der Waals surface area (Å²) in [5.74, 6) is 2.60. The minimum atomic E-state index is 0.367. The van der Waals surface area contributed by atoms with Gasteiger partial charge in [-0.05, 0) is 35.6 Å². The first-order valence-corrected chi connectivity index (χ1v) is 6.84. The normalized spacial score (nSPS) is 32.3. The van der Waals surface area contributed by atoms with Crippen molar-refractivity contribution in [2.45, 2.75) is 18.4 Å². The lowest BCUT2D eigenvalue weighted by Gasteiger charge is -2.34. The van der Waals surface area contributed by atoms with E-state index in [4.69, 9.17) is 0 Å². The molecule has 1 nitrogen and oxygen atoms in total. The number of rotatable bonds is 0. The summed E-state index contributed by atoms with van der Waals surface area (Å²) < 4.78 is 0. The molecule has 0 radical (unpaired) electrons. The molecule has 3 heterocycles. The summed E-state index contributed by atoms with van der Waals surface area (Å²) >= 11 is 4.04. The van der Waals surface area contributed by atoms with Crippen molar-refractivity contribution in [1.82, 2.24) is 5.32 Å². The highest BCUT2D eigenvalue weighted by atomic mass is 32.2. The van der Waals surface area contributed by atoms with E-state index < -0.39 is 0 Å². The van der Waals surface area contributed by atoms with Crippen LogP contribution in [-0.2, 0) is 12.0 Å². The lowest BCUT2D eigenvalue weighted by atomic mass is 9.89. The molecular formula is C10H13NS2. The number of thioether (sulfide) groups is 1. The van der Waals surface area contributed by atoms with Crippen molar-refractivity contribution >= 4 is 23.1 Å². The number of fused-ring (bicyclic) bond motifs is 2. The highest BCUT2D eigenvalue weighted by Crippen LogP contribution is 2.42. The molecule has 0 bridgehead atoms. The van der Waals surface area contributed by atoms with Gasteiger partial charge in [-0.2, -0.15) is 11.8 Å². The molecule has 1 aromatic heterocycles. The first-order chi connectivity index (χ1) is 6.41. The molecule has 1 N–H and O–H groups in total. The number of hydrogen-bond donors (Lipinski definition) is 1. The zero-order valence-electron chi connectivity index (χ0n) is 7.51. The summed E-state index contributed by atoms with van der Waals surface area (Å²) in [6.07, 6.45) is 2.55. The van der Waals surface area contributed by atoms with Crippen LogP contribution >= 0.6 is 23.1 Å². The van der Waals surface area contributed by atoms with Crippen molar-refractivity contribution in [3.63, 3.8) is 0 Å². The van der Waals surface area contributed by atoms with Crippen molar-refractivity contribution in [2.24, 2.45) is 0 Å². The fraction of sp³-hybridized carbons (Fsp3) is 0.600. The smallest absolute Gasteiger partial charge is 0.0630 e. The summed E-state index contributed by atoms with van der Waals surface area (Å²) in [5.41, 5.74) is 1.97. The highest BCUT2D eigenvalue weighted by molar-refractivity contribution is 7.99. The molecule has 1 fully saturated rings. The summed E-state index contributed by atoms with van der Waals surface area (Å²) in [7, 11) is 0. The van der Waals surface area contributed by atoms with Crippen LogP contribution in [0.25, 0.3) is 0 Å². The van der Waals surface area contributed by atoms with Crippen LogP contribution in [0.5, 0.6) is 0 Å². The van der Waals surface area contributed by atoms with Crippen LogP contribution in [0.4, 0.5) is 0 Å². The zero-order valence-corrected chi connectivity index (χ0v) is 9.14. The third kappa shape index (κ3) is 1.17. The van der Waals surface area contributed by atoms with Gasteiger partial charge in [0.05, 0.1) is 5.54 Å². The molecule has 2 aliphatic rings. The maximum absolute atomic E-state index is 3.73. The number of thiophene rings is 1. The Balaban J connectivity index is 2.08. The molecule has 13 heavy (non-hydrogen) atoms. The summed E-state index contributed by atoms with van der Waals surface area (Å²) in [6, 6.07) is 2.31. The van der Waals surface area contributed by atoms with Crippen molar-refractivity contribution in [3.8, 4) is 0 Å². The fourth-order valence-corrected chi connectivity index (χ4v) is 4.98. The van der Waals surface area contributed by atoms with Crippen LogP contribution in [0.15, 0.2) is 11.4 Å². The van der Waals surface area contributed by atoms with E-state index >= 15 is 0 Å². The van der Waals surface area contributed by atoms with Crippen molar-refractivity contribution in [3.05, 3.63) is 21.9 Å². The van der Waals surface area contributed by atoms with Gasteiger partial charge in [0, 0.05) is 17.2 Å². The van der Waals surface area contributed by atoms with Crippen molar-refractivity contribution in [2.75, 3.05) is 18.1 Å². The Kier molecular flexibility index (Phi) is 1.93. The second-order valence-electron chi connectivity index (χ2n) is 3.84. The Morgan fingerprint density at radius 1 is 1.46 bits per heavy atom. The minimum Gasteiger partial charge on any atom is -0.306 e. The van der Waals surface area contributed by atoms with Crippen LogP contribution in [-0.4, -0.2) is 18.1 Å². The third-order valence-corrected chi connectivity index (χ3v) is 5.41. The molecule has 0 amide bonds. The molecule has 1 saturated heterocycles. The molecule has 70 valence electrons. The quantitative estimate of drug-likeness (QED) is 0.706.